The Labute approximate surface area is 295 Å². The molecule has 3 aliphatic rings. The first kappa shape index (κ1) is 34.8. The Bertz CT molecular complexity index is 1910. The van der Waals surface area contributed by atoms with Gasteiger partial charge in [-0.3, -0.25) is 4.79 Å². The van der Waals surface area contributed by atoms with Gasteiger partial charge in [0.15, 0.2) is 5.78 Å². The molecule has 4 atom stereocenters. The first-order valence-electron chi connectivity index (χ1n) is 17.4. The van der Waals surface area contributed by atoms with Gasteiger partial charge in [0.1, 0.15) is 11.1 Å². The molecule has 2 N–H and O–H groups in total. The van der Waals surface area contributed by atoms with Crippen LogP contribution in [0.1, 0.15) is 102 Å². The summed E-state index contributed by atoms with van der Waals surface area (Å²) in [7, 11) is 0. The number of rotatable bonds is 6. The molecule has 49 heavy (non-hydrogen) atoms. The lowest BCUT2D eigenvalue weighted by Gasteiger charge is -2.44. The third kappa shape index (κ3) is 7.17. The van der Waals surface area contributed by atoms with Gasteiger partial charge in [-0.1, -0.05) is 85.3 Å². The van der Waals surface area contributed by atoms with Gasteiger partial charge in [0.25, 0.3) is 0 Å². The number of allylic oxidation sites excluding steroid dienone is 2. The summed E-state index contributed by atoms with van der Waals surface area (Å²) in [6.45, 7) is 8.18. The Morgan fingerprint density at radius 3 is 2.45 bits per heavy atom. The molecular formula is C43H46N2O3S. The quantitative estimate of drug-likeness (QED) is 0.121. The zero-order valence-electron chi connectivity index (χ0n) is 29.0. The average Bonchev–Trinajstić information content (AvgIpc) is 3.35. The monoisotopic (exact) mass is 670 g/mol. The van der Waals surface area contributed by atoms with Gasteiger partial charge < -0.3 is 10.2 Å². The molecule has 0 aliphatic heterocycles. The summed E-state index contributed by atoms with van der Waals surface area (Å²) in [5.41, 5.74) is 7.26. The van der Waals surface area contributed by atoms with Crippen molar-refractivity contribution in [1.29, 1.82) is 5.26 Å². The number of carbonyl (C=O) groups excluding carboxylic acids is 1. The number of hydrogen-bond donors (Lipinski definition) is 2. The lowest BCUT2D eigenvalue weighted by atomic mass is 9.65. The van der Waals surface area contributed by atoms with Gasteiger partial charge in [0, 0.05) is 28.0 Å². The second-order valence-corrected chi connectivity index (χ2v) is 15.3. The van der Waals surface area contributed by atoms with Crippen molar-refractivity contribution in [3.8, 4) is 17.2 Å². The van der Waals surface area contributed by atoms with Crippen molar-refractivity contribution < 1.29 is 15.0 Å². The molecular weight excluding hydrogens is 625 g/mol. The van der Waals surface area contributed by atoms with Gasteiger partial charge in [-0.25, -0.2) is 4.98 Å². The molecule has 252 valence electrons. The molecule has 4 unspecified atom stereocenters. The minimum Gasteiger partial charge on any atom is -0.393 e. The molecule has 0 radical (unpaired) electrons. The summed E-state index contributed by atoms with van der Waals surface area (Å²) >= 11 is 1.47. The van der Waals surface area contributed by atoms with E-state index in [2.05, 4.69) is 50.3 Å². The van der Waals surface area contributed by atoms with Crippen molar-refractivity contribution in [2.75, 3.05) is 5.75 Å². The van der Waals surface area contributed by atoms with Crippen LogP contribution in [0.15, 0.2) is 95.5 Å². The van der Waals surface area contributed by atoms with Gasteiger partial charge >= 0.3 is 0 Å². The molecule has 6 heteroatoms. The Kier molecular flexibility index (Phi) is 10.3. The van der Waals surface area contributed by atoms with E-state index in [0.29, 0.717) is 46.7 Å². The van der Waals surface area contributed by atoms with E-state index in [0.717, 1.165) is 59.2 Å². The van der Waals surface area contributed by atoms with Crippen LogP contribution in [0.3, 0.4) is 0 Å². The van der Waals surface area contributed by atoms with Crippen LogP contribution in [-0.2, 0) is 6.42 Å². The van der Waals surface area contributed by atoms with Crippen molar-refractivity contribution >= 4 is 17.5 Å². The summed E-state index contributed by atoms with van der Waals surface area (Å²) < 4.78 is 0. The number of aromatic nitrogens is 1. The van der Waals surface area contributed by atoms with E-state index < -0.39 is 17.1 Å². The van der Waals surface area contributed by atoms with Gasteiger partial charge in [-0.15, -0.1) is 11.8 Å². The molecule has 3 aromatic carbocycles. The van der Waals surface area contributed by atoms with E-state index in [1.807, 2.05) is 68.4 Å². The number of fused-ring (bicyclic) bond motifs is 8. The van der Waals surface area contributed by atoms with Crippen molar-refractivity contribution in [1.82, 2.24) is 4.98 Å². The maximum absolute atomic E-state index is 14.5. The minimum atomic E-state index is -1.06. The van der Waals surface area contributed by atoms with E-state index in [1.54, 1.807) is 0 Å². The smallest absolute Gasteiger partial charge is 0.193 e. The number of nitrogens with zero attached hydrogens (tertiary/aromatic N) is 2. The third-order valence-electron chi connectivity index (χ3n) is 11.0. The maximum Gasteiger partial charge on any atom is 0.193 e. The number of pyridine rings is 1. The summed E-state index contributed by atoms with van der Waals surface area (Å²) in [5.74, 6) is 0.292. The van der Waals surface area contributed by atoms with Gasteiger partial charge in [0.05, 0.1) is 17.3 Å². The number of hydrogen-bond acceptors (Lipinski definition) is 6. The molecule has 5 nitrogen and oxygen atoms in total. The highest BCUT2D eigenvalue weighted by Crippen LogP contribution is 2.59. The second-order valence-electron chi connectivity index (χ2n) is 14.4. The Morgan fingerprint density at radius 1 is 0.980 bits per heavy atom. The predicted molar refractivity (Wildman–Crippen MR) is 198 cm³/mol. The Balaban J connectivity index is 1.40. The van der Waals surface area contributed by atoms with Crippen LogP contribution < -0.4 is 0 Å². The highest BCUT2D eigenvalue weighted by Gasteiger charge is 2.56. The van der Waals surface area contributed by atoms with Gasteiger partial charge in [-0.2, -0.15) is 5.26 Å². The maximum atomic E-state index is 14.5. The molecule has 1 fully saturated rings. The lowest BCUT2D eigenvalue weighted by Crippen LogP contribution is -2.46. The number of aliphatic hydroxyl groups is 2. The second kappa shape index (κ2) is 14.5. The fourth-order valence-electron chi connectivity index (χ4n) is 8.00. The zero-order chi connectivity index (χ0) is 34.8. The molecule has 1 saturated carbocycles. The molecule has 3 aliphatic carbocycles. The van der Waals surface area contributed by atoms with Crippen molar-refractivity contribution in [3.05, 3.63) is 130 Å². The van der Waals surface area contributed by atoms with Crippen LogP contribution in [0, 0.1) is 30.6 Å². The van der Waals surface area contributed by atoms with E-state index in [1.165, 1.54) is 17.3 Å². The molecule has 4 aromatic rings. The topological polar surface area (TPSA) is 94.2 Å². The van der Waals surface area contributed by atoms with E-state index >= 15 is 0 Å². The fourth-order valence-corrected chi connectivity index (χ4v) is 9.41. The first-order valence-corrected chi connectivity index (χ1v) is 18.4. The molecule has 0 saturated heterocycles. The fraction of sp³-hybridized carbons (Fsp3) is 0.372. The number of nitriles is 1. The number of benzene rings is 3. The molecule has 1 heterocycles. The van der Waals surface area contributed by atoms with Crippen LogP contribution in [0.5, 0.6) is 0 Å². The highest BCUT2D eigenvalue weighted by atomic mass is 32.2. The van der Waals surface area contributed by atoms with E-state index in [9.17, 15) is 20.3 Å². The van der Waals surface area contributed by atoms with Crippen LogP contribution in [0.25, 0.3) is 11.1 Å². The summed E-state index contributed by atoms with van der Waals surface area (Å²) in [4.78, 5) is 19.2. The number of ketones is 1. The van der Waals surface area contributed by atoms with Gasteiger partial charge in [0.2, 0.25) is 0 Å². The van der Waals surface area contributed by atoms with Gasteiger partial charge in [-0.05, 0) is 112 Å². The molecule has 2 bridgehead atoms. The predicted octanol–water partition coefficient (Wildman–Crippen LogP) is 9.30. The molecule has 1 aromatic heterocycles. The van der Waals surface area contributed by atoms with E-state index in [4.69, 9.17) is 4.98 Å². The van der Waals surface area contributed by atoms with Crippen LogP contribution in [-0.4, -0.2) is 38.4 Å². The minimum absolute atomic E-state index is 0.0425. The molecule has 0 amide bonds. The zero-order valence-corrected chi connectivity index (χ0v) is 29.8. The summed E-state index contributed by atoms with van der Waals surface area (Å²) in [6, 6.07) is 28.4. The number of thioether (sulfide) groups is 1. The average molecular weight is 671 g/mol. The van der Waals surface area contributed by atoms with Crippen molar-refractivity contribution in [2.45, 2.75) is 95.3 Å². The van der Waals surface area contributed by atoms with Crippen LogP contribution in [0.4, 0.5) is 0 Å². The number of aryl methyl sites for hydroxylation is 2. The van der Waals surface area contributed by atoms with Crippen LogP contribution >= 0.6 is 11.8 Å². The first-order chi connectivity index (χ1) is 23.5. The Morgan fingerprint density at radius 2 is 1.71 bits per heavy atom. The Hall–Kier alpha value is -4.02. The van der Waals surface area contributed by atoms with Crippen molar-refractivity contribution in [3.63, 3.8) is 0 Å². The normalized spacial score (nSPS) is 24.1. The highest BCUT2D eigenvalue weighted by molar-refractivity contribution is 7.99. The largest absolute Gasteiger partial charge is 0.393 e. The summed E-state index contributed by atoms with van der Waals surface area (Å²) in [5, 5.41) is 34.2. The van der Waals surface area contributed by atoms with Crippen LogP contribution in [0.2, 0.25) is 0 Å². The number of carbonyl (C=O) groups is 1. The molecule has 0 spiro atoms. The molecule has 7 rings (SSSR count). The third-order valence-corrected chi connectivity index (χ3v) is 12.2. The SMILES string of the molecule is CC1=CCCC2(C)C(CCC2(O)CSc2nc(C)cc(C)c2C#N)c2ccc(cc2C(=O)c2ccc(-c3ccccc3)cc2)CC(O)CC1. The lowest BCUT2D eigenvalue weighted by molar-refractivity contribution is -0.0422. The standard InChI is InChI=1S/C43H46N2O3S/c1-28-9-8-21-42(4)39(20-22-43(42,48)27-49-41-38(26-44)29(2)23-30(3)45-41)36-19-13-31(24-35(46)18-12-28)25-37(36)40(47)34-16-14-33(15-17-34)32-10-6-5-7-11-32/h5-7,9-11,13-17,19,23,25,35,39,46,48H,8,12,18,20-22,24,27H2,1-4H3. The number of aliphatic hydroxyl groups excluding tert-OH is 1. The van der Waals surface area contributed by atoms with E-state index in [-0.39, 0.29) is 11.7 Å². The van der Waals surface area contributed by atoms with Crippen molar-refractivity contribution in [2.24, 2.45) is 5.41 Å². The summed E-state index contributed by atoms with van der Waals surface area (Å²) in [6.07, 6.45) is 6.53.